The number of furan rings is 1. The molecule has 1 heterocycles. The maximum atomic E-state index is 6.91. The maximum Gasteiger partial charge on any atom is 0.143 e. The van der Waals surface area contributed by atoms with E-state index in [4.69, 9.17) is 4.42 Å². The Morgan fingerprint density at radius 1 is 0.358 bits per heavy atom. The van der Waals surface area contributed by atoms with Crippen molar-refractivity contribution in [3.63, 3.8) is 0 Å². The molecule has 0 unspecified atom stereocenters. The molecule has 1 saturated carbocycles. The molecule has 252 valence electrons. The van der Waals surface area contributed by atoms with Gasteiger partial charge in [-0.2, -0.15) is 0 Å². The normalized spacial score (nSPS) is 14.0. The first-order valence-electron chi connectivity index (χ1n) is 19.2. The van der Waals surface area contributed by atoms with E-state index in [2.05, 4.69) is 164 Å². The zero-order valence-electron chi connectivity index (χ0n) is 29.6. The highest BCUT2D eigenvalue weighted by Gasteiger charge is 2.24. The van der Waals surface area contributed by atoms with E-state index < -0.39 is 0 Å². The van der Waals surface area contributed by atoms with Crippen LogP contribution in [0.3, 0.4) is 0 Å². The minimum Gasteiger partial charge on any atom is -0.455 e. The first kappa shape index (κ1) is 30.4. The Morgan fingerprint density at radius 3 is 1.45 bits per heavy atom. The first-order valence-corrected chi connectivity index (χ1v) is 19.2. The monoisotopic (exact) mass is 678 g/mol. The van der Waals surface area contributed by atoms with E-state index in [-0.39, 0.29) is 0 Å². The number of benzene rings is 9. The Bertz CT molecular complexity index is 2920. The summed E-state index contributed by atoms with van der Waals surface area (Å²) in [7, 11) is 0. The van der Waals surface area contributed by atoms with Gasteiger partial charge < -0.3 is 4.42 Å². The van der Waals surface area contributed by atoms with Gasteiger partial charge in [-0.3, -0.25) is 0 Å². The van der Waals surface area contributed by atoms with Crippen LogP contribution in [-0.2, 0) is 0 Å². The largest absolute Gasteiger partial charge is 0.455 e. The molecule has 0 N–H and O–H groups in total. The first-order chi connectivity index (χ1) is 26.3. The van der Waals surface area contributed by atoms with Gasteiger partial charge in [0.2, 0.25) is 0 Å². The average molecular weight is 679 g/mol. The van der Waals surface area contributed by atoms with Gasteiger partial charge in [-0.05, 0) is 102 Å². The molecule has 9 aromatic carbocycles. The van der Waals surface area contributed by atoms with Crippen LogP contribution in [-0.4, -0.2) is 0 Å². The summed E-state index contributed by atoms with van der Waals surface area (Å²) in [6, 6.07) is 60.4. The van der Waals surface area contributed by atoms with Crippen LogP contribution < -0.4 is 0 Å². The Morgan fingerprint density at radius 2 is 0.849 bits per heavy atom. The molecule has 0 radical (unpaired) electrons. The maximum absolute atomic E-state index is 6.91. The van der Waals surface area contributed by atoms with Gasteiger partial charge in [0, 0.05) is 21.9 Å². The van der Waals surface area contributed by atoms with E-state index in [1.165, 1.54) is 103 Å². The fraction of sp³-hybridized carbons (Fsp3) is 0.115. The summed E-state index contributed by atoms with van der Waals surface area (Å²) in [5.41, 5.74) is 10.8. The molecular formula is C52H38O. The van der Waals surface area contributed by atoms with E-state index in [0.29, 0.717) is 5.92 Å². The van der Waals surface area contributed by atoms with Gasteiger partial charge in [0.1, 0.15) is 11.2 Å². The lowest BCUT2D eigenvalue weighted by Crippen LogP contribution is -2.06. The van der Waals surface area contributed by atoms with Crippen molar-refractivity contribution < 1.29 is 4.42 Å². The third kappa shape index (κ3) is 4.70. The van der Waals surface area contributed by atoms with E-state index >= 15 is 0 Å². The van der Waals surface area contributed by atoms with Crippen LogP contribution in [0.4, 0.5) is 0 Å². The fourth-order valence-corrected chi connectivity index (χ4v) is 9.79. The molecule has 11 rings (SSSR count). The highest BCUT2D eigenvalue weighted by atomic mass is 16.3. The molecule has 1 fully saturated rings. The number of fused-ring (bicyclic) bond motifs is 7. The predicted molar refractivity (Wildman–Crippen MR) is 226 cm³/mol. The molecule has 1 aliphatic carbocycles. The summed E-state index contributed by atoms with van der Waals surface area (Å²) in [5.74, 6) is 0.611. The Balaban J connectivity index is 1.16. The zero-order chi connectivity index (χ0) is 34.9. The fourth-order valence-electron chi connectivity index (χ4n) is 9.79. The highest BCUT2D eigenvalue weighted by molar-refractivity contribution is 6.24. The van der Waals surface area contributed by atoms with Crippen molar-refractivity contribution in [2.45, 2.75) is 38.0 Å². The second-order valence-electron chi connectivity index (χ2n) is 14.9. The molecule has 0 amide bonds. The minimum atomic E-state index is 0.611. The van der Waals surface area contributed by atoms with Crippen molar-refractivity contribution in [3.8, 4) is 33.4 Å². The molecule has 0 bridgehead atoms. The molecule has 10 aromatic rings. The van der Waals surface area contributed by atoms with Crippen LogP contribution in [0.15, 0.2) is 168 Å². The van der Waals surface area contributed by atoms with Gasteiger partial charge in [0.05, 0.1) is 0 Å². The number of rotatable bonds is 4. The van der Waals surface area contributed by atoms with Crippen LogP contribution in [0.2, 0.25) is 0 Å². The van der Waals surface area contributed by atoms with Crippen molar-refractivity contribution in [2.75, 3.05) is 0 Å². The van der Waals surface area contributed by atoms with E-state index in [0.717, 1.165) is 27.5 Å². The second-order valence-corrected chi connectivity index (χ2v) is 14.9. The summed E-state index contributed by atoms with van der Waals surface area (Å²) in [6.45, 7) is 0. The third-order valence-electron chi connectivity index (χ3n) is 12.0. The van der Waals surface area contributed by atoms with Gasteiger partial charge in [-0.1, -0.05) is 171 Å². The lowest BCUT2D eigenvalue weighted by Gasteiger charge is -2.26. The lowest BCUT2D eigenvalue weighted by molar-refractivity contribution is 0.447. The third-order valence-corrected chi connectivity index (χ3v) is 12.0. The lowest BCUT2D eigenvalue weighted by atomic mass is 9.78. The van der Waals surface area contributed by atoms with Crippen LogP contribution in [0.5, 0.6) is 0 Å². The van der Waals surface area contributed by atoms with Crippen molar-refractivity contribution in [3.05, 3.63) is 169 Å². The van der Waals surface area contributed by atoms with E-state index in [9.17, 15) is 0 Å². The molecule has 53 heavy (non-hydrogen) atoms. The standard InChI is InChI=1S/C52H38O/c1-3-16-33(17-4-1)48-36-20-7-9-22-38(36)50(39-23-10-8-21-37(39)48)35-30-31-47-46(32-35)44-28-15-29-45(52(44)53-47)51-42-26-13-11-24-40(42)49(34-18-5-2-6-19-34)41-25-12-14-27-43(41)51/h2,5-15,18-33H,1,3-4,16-17H2. The Hall–Kier alpha value is -6.18. The summed E-state index contributed by atoms with van der Waals surface area (Å²) in [4.78, 5) is 0. The molecule has 1 aromatic heterocycles. The minimum absolute atomic E-state index is 0.611. The molecule has 0 aliphatic heterocycles. The van der Waals surface area contributed by atoms with Crippen LogP contribution in [0, 0.1) is 0 Å². The number of hydrogen-bond donors (Lipinski definition) is 0. The number of para-hydroxylation sites is 1. The van der Waals surface area contributed by atoms with Gasteiger partial charge in [0.15, 0.2) is 0 Å². The smallest absolute Gasteiger partial charge is 0.143 e. The highest BCUT2D eigenvalue weighted by Crippen LogP contribution is 2.49. The summed E-state index contributed by atoms with van der Waals surface area (Å²) in [5, 5.41) is 12.8. The van der Waals surface area contributed by atoms with Gasteiger partial charge in [0.25, 0.3) is 0 Å². The second kappa shape index (κ2) is 12.2. The topological polar surface area (TPSA) is 13.1 Å². The average Bonchev–Trinajstić information content (AvgIpc) is 3.61. The summed E-state index contributed by atoms with van der Waals surface area (Å²) >= 11 is 0. The predicted octanol–water partition coefficient (Wildman–Crippen LogP) is 15.2. The van der Waals surface area contributed by atoms with Gasteiger partial charge in [-0.15, -0.1) is 0 Å². The van der Waals surface area contributed by atoms with Crippen LogP contribution in [0.25, 0.3) is 98.4 Å². The van der Waals surface area contributed by atoms with Crippen LogP contribution in [0.1, 0.15) is 43.6 Å². The van der Waals surface area contributed by atoms with Gasteiger partial charge in [-0.25, -0.2) is 0 Å². The molecular weight excluding hydrogens is 641 g/mol. The zero-order valence-corrected chi connectivity index (χ0v) is 29.6. The summed E-state index contributed by atoms with van der Waals surface area (Å²) < 4.78 is 6.91. The Labute approximate surface area is 309 Å². The molecule has 0 spiro atoms. The molecule has 0 saturated heterocycles. The van der Waals surface area contributed by atoms with E-state index in [1.54, 1.807) is 5.56 Å². The van der Waals surface area contributed by atoms with Crippen LogP contribution >= 0.6 is 0 Å². The van der Waals surface area contributed by atoms with Crippen molar-refractivity contribution in [1.29, 1.82) is 0 Å². The van der Waals surface area contributed by atoms with Crippen molar-refractivity contribution in [2.24, 2.45) is 0 Å². The van der Waals surface area contributed by atoms with Crippen molar-refractivity contribution >= 4 is 65.0 Å². The van der Waals surface area contributed by atoms with E-state index in [1.807, 2.05) is 0 Å². The molecule has 1 nitrogen and oxygen atoms in total. The molecule has 0 atom stereocenters. The molecule has 1 heteroatoms. The van der Waals surface area contributed by atoms with Crippen molar-refractivity contribution in [1.82, 2.24) is 0 Å². The SMILES string of the molecule is c1ccc(-c2c3ccccc3c(-c3cccc4c3oc3ccc(-c5c6ccccc6c(C6CCCCC6)c6ccccc56)cc34)c3ccccc23)cc1. The Kier molecular flexibility index (Phi) is 7.01. The number of hydrogen-bond acceptors (Lipinski definition) is 1. The molecule has 1 aliphatic rings. The van der Waals surface area contributed by atoms with Gasteiger partial charge >= 0.3 is 0 Å². The quantitative estimate of drug-likeness (QED) is 0.169. The summed E-state index contributed by atoms with van der Waals surface area (Å²) in [6.07, 6.45) is 6.56.